The number of rotatable bonds is 5. The van der Waals surface area contributed by atoms with Gasteiger partial charge in [0, 0.05) is 0 Å². The van der Waals surface area contributed by atoms with E-state index in [-0.39, 0.29) is 12.0 Å². The smallest absolute Gasteiger partial charge is 0.335 e. The molecule has 2 aromatic carbocycles. The van der Waals surface area contributed by atoms with Crippen LogP contribution in [0.4, 0.5) is 4.39 Å². The minimum Gasteiger partial charge on any atom is -0.481 e. The van der Waals surface area contributed by atoms with Crippen LogP contribution in [0.2, 0.25) is 0 Å². The number of aromatic carboxylic acids is 1. The van der Waals surface area contributed by atoms with E-state index in [0.29, 0.717) is 11.1 Å². The maximum atomic E-state index is 12.9. The van der Waals surface area contributed by atoms with Gasteiger partial charge in [0.05, 0.1) is 11.5 Å². The minimum absolute atomic E-state index is 0.0312. The first-order valence-corrected chi connectivity index (χ1v) is 6.28. The van der Waals surface area contributed by atoms with Crippen LogP contribution >= 0.6 is 0 Å². The number of halogens is 1. The highest BCUT2D eigenvalue weighted by molar-refractivity contribution is 5.89. The van der Waals surface area contributed by atoms with Gasteiger partial charge in [-0.25, -0.2) is 9.18 Å². The second-order valence-electron chi connectivity index (χ2n) is 4.61. The quantitative estimate of drug-likeness (QED) is 0.887. The van der Waals surface area contributed by atoms with Gasteiger partial charge in [-0.2, -0.15) is 0 Å². The zero-order chi connectivity index (χ0) is 15.4. The molecule has 1 atom stereocenters. The van der Waals surface area contributed by atoms with E-state index in [1.54, 1.807) is 18.2 Å². The lowest BCUT2D eigenvalue weighted by Gasteiger charge is -2.14. The molecule has 2 aromatic rings. The first-order valence-electron chi connectivity index (χ1n) is 6.28. The Labute approximate surface area is 120 Å². The first kappa shape index (κ1) is 14.7. The number of hydrogen-bond acceptors (Lipinski definition) is 2. The van der Waals surface area contributed by atoms with Gasteiger partial charge in [-0.3, -0.25) is 4.79 Å². The van der Waals surface area contributed by atoms with Crippen molar-refractivity contribution in [1.29, 1.82) is 0 Å². The molecule has 0 saturated carbocycles. The molecular weight excluding hydrogens is 275 g/mol. The zero-order valence-corrected chi connectivity index (χ0v) is 11.0. The molecule has 0 radical (unpaired) electrons. The molecule has 0 aliphatic heterocycles. The van der Waals surface area contributed by atoms with E-state index in [4.69, 9.17) is 5.11 Å². The SMILES string of the molecule is O=C(O)c1ccccc1CC(C(=O)O)c1ccc(F)cc1. The van der Waals surface area contributed by atoms with E-state index in [9.17, 15) is 19.1 Å². The normalized spacial score (nSPS) is 11.9. The second-order valence-corrected chi connectivity index (χ2v) is 4.61. The number of aliphatic carboxylic acids is 1. The first-order chi connectivity index (χ1) is 9.99. The highest BCUT2D eigenvalue weighted by Crippen LogP contribution is 2.23. The predicted octanol–water partition coefficient (Wildman–Crippen LogP) is 2.93. The predicted molar refractivity (Wildman–Crippen MR) is 73.9 cm³/mol. The molecule has 0 amide bonds. The van der Waals surface area contributed by atoms with Gasteiger partial charge in [0.2, 0.25) is 0 Å². The van der Waals surface area contributed by atoms with Crippen molar-refractivity contribution in [3.8, 4) is 0 Å². The third kappa shape index (κ3) is 3.45. The molecule has 0 fully saturated rings. The number of benzene rings is 2. The Morgan fingerprint density at radius 3 is 2.19 bits per heavy atom. The summed E-state index contributed by atoms with van der Waals surface area (Å²) >= 11 is 0. The van der Waals surface area contributed by atoms with Crippen LogP contribution in [0.5, 0.6) is 0 Å². The van der Waals surface area contributed by atoms with Gasteiger partial charge in [-0.05, 0) is 35.7 Å². The van der Waals surface area contributed by atoms with Crippen molar-refractivity contribution >= 4 is 11.9 Å². The summed E-state index contributed by atoms with van der Waals surface area (Å²) in [5.41, 5.74) is 0.941. The van der Waals surface area contributed by atoms with Crippen LogP contribution in [0.3, 0.4) is 0 Å². The molecule has 2 rings (SSSR count). The molecule has 0 aliphatic rings. The van der Waals surface area contributed by atoms with Gasteiger partial charge in [0.1, 0.15) is 5.82 Å². The number of carboxylic acid groups (broad SMARTS) is 2. The third-order valence-corrected chi connectivity index (χ3v) is 3.24. The zero-order valence-electron chi connectivity index (χ0n) is 11.0. The lowest BCUT2D eigenvalue weighted by molar-refractivity contribution is -0.138. The van der Waals surface area contributed by atoms with Crippen molar-refractivity contribution in [2.45, 2.75) is 12.3 Å². The Balaban J connectivity index is 2.35. The Morgan fingerprint density at radius 2 is 1.62 bits per heavy atom. The van der Waals surface area contributed by atoms with E-state index < -0.39 is 23.7 Å². The van der Waals surface area contributed by atoms with Crippen LogP contribution < -0.4 is 0 Å². The van der Waals surface area contributed by atoms with Crippen molar-refractivity contribution < 1.29 is 24.2 Å². The van der Waals surface area contributed by atoms with Gasteiger partial charge in [-0.15, -0.1) is 0 Å². The lowest BCUT2D eigenvalue weighted by Crippen LogP contribution is -2.16. The highest BCUT2D eigenvalue weighted by atomic mass is 19.1. The number of hydrogen-bond donors (Lipinski definition) is 2. The Bertz CT molecular complexity index is 664. The number of carbonyl (C=O) groups is 2. The van der Waals surface area contributed by atoms with E-state index in [2.05, 4.69) is 0 Å². The fourth-order valence-electron chi connectivity index (χ4n) is 2.17. The molecule has 5 heteroatoms. The maximum absolute atomic E-state index is 12.9. The molecule has 0 saturated heterocycles. The van der Waals surface area contributed by atoms with Gasteiger partial charge < -0.3 is 10.2 Å². The average Bonchev–Trinajstić information content (AvgIpc) is 2.46. The monoisotopic (exact) mass is 288 g/mol. The molecule has 0 bridgehead atoms. The third-order valence-electron chi connectivity index (χ3n) is 3.24. The summed E-state index contributed by atoms with van der Waals surface area (Å²) < 4.78 is 12.9. The summed E-state index contributed by atoms with van der Waals surface area (Å²) in [7, 11) is 0. The van der Waals surface area contributed by atoms with Crippen LogP contribution in [-0.4, -0.2) is 22.2 Å². The lowest BCUT2D eigenvalue weighted by atomic mass is 9.90. The second kappa shape index (κ2) is 6.17. The van der Waals surface area contributed by atoms with Crippen molar-refractivity contribution in [2.24, 2.45) is 0 Å². The number of carboxylic acids is 2. The summed E-state index contributed by atoms with van der Waals surface area (Å²) in [6.07, 6.45) is 0.0312. The molecule has 0 heterocycles. The molecule has 0 aromatic heterocycles. The summed E-state index contributed by atoms with van der Waals surface area (Å²) in [5.74, 6) is -3.56. The van der Waals surface area contributed by atoms with Crippen LogP contribution in [0.1, 0.15) is 27.4 Å². The molecule has 1 unspecified atom stereocenters. The maximum Gasteiger partial charge on any atom is 0.335 e. The van der Waals surface area contributed by atoms with E-state index >= 15 is 0 Å². The fraction of sp³-hybridized carbons (Fsp3) is 0.125. The van der Waals surface area contributed by atoms with Gasteiger partial charge in [0.15, 0.2) is 0 Å². The van der Waals surface area contributed by atoms with Crippen molar-refractivity contribution in [1.82, 2.24) is 0 Å². The van der Waals surface area contributed by atoms with Crippen LogP contribution in [0.15, 0.2) is 48.5 Å². The minimum atomic E-state index is -1.10. The Morgan fingerprint density at radius 1 is 1.00 bits per heavy atom. The molecule has 0 spiro atoms. The summed E-state index contributed by atoms with van der Waals surface area (Å²) in [6.45, 7) is 0. The van der Waals surface area contributed by atoms with Gasteiger partial charge in [-0.1, -0.05) is 30.3 Å². The van der Waals surface area contributed by atoms with Gasteiger partial charge >= 0.3 is 11.9 Å². The van der Waals surface area contributed by atoms with Crippen LogP contribution in [0.25, 0.3) is 0 Å². The largest absolute Gasteiger partial charge is 0.481 e. The average molecular weight is 288 g/mol. The summed E-state index contributed by atoms with van der Waals surface area (Å²) in [5, 5.41) is 18.5. The molecule has 4 nitrogen and oxygen atoms in total. The molecular formula is C16H13FO4. The standard InChI is InChI=1S/C16H13FO4/c17-12-7-5-10(6-8-12)14(16(20)21)9-11-3-1-2-4-13(11)15(18)19/h1-8,14H,9H2,(H,18,19)(H,20,21). The molecule has 0 aliphatic carbocycles. The Kier molecular flexibility index (Phi) is 4.33. The van der Waals surface area contributed by atoms with Crippen molar-refractivity contribution in [3.05, 3.63) is 71.0 Å². The van der Waals surface area contributed by atoms with E-state index in [1.807, 2.05) is 0 Å². The van der Waals surface area contributed by atoms with Crippen molar-refractivity contribution in [2.75, 3.05) is 0 Å². The molecule has 21 heavy (non-hydrogen) atoms. The molecule has 2 N–H and O–H groups in total. The highest BCUT2D eigenvalue weighted by Gasteiger charge is 2.22. The van der Waals surface area contributed by atoms with Gasteiger partial charge in [0.25, 0.3) is 0 Å². The Hall–Kier alpha value is -2.69. The van der Waals surface area contributed by atoms with Crippen molar-refractivity contribution in [3.63, 3.8) is 0 Å². The topological polar surface area (TPSA) is 74.6 Å². The van der Waals surface area contributed by atoms with E-state index in [1.165, 1.54) is 30.3 Å². The van der Waals surface area contributed by atoms with Crippen LogP contribution in [-0.2, 0) is 11.2 Å². The summed E-state index contributed by atoms with van der Waals surface area (Å²) in [6, 6.07) is 11.4. The van der Waals surface area contributed by atoms with Crippen LogP contribution in [0, 0.1) is 5.82 Å². The fourth-order valence-corrected chi connectivity index (χ4v) is 2.17. The summed E-state index contributed by atoms with van der Waals surface area (Å²) in [4.78, 5) is 22.6. The molecule has 108 valence electrons. The van der Waals surface area contributed by atoms with E-state index in [0.717, 1.165) is 0 Å².